The molecular formula is C24H20Br2Cl2N2O3S. The molecule has 3 aromatic rings. The maximum Gasteiger partial charge on any atom is 0.243 e. The second-order valence-electron chi connectivity index (χ2n) is 8.05. The minimum atomic E-state index is -4.00. The number of rotatable bonds is 6. The molecule has 0 radical (unpaired) electrons. The Balaban J connectivity index is 1.69. The zero-order valence-corrected chi connectivity index (χ0v) is 23.5. The average Bonchev–Trinajstić information content (AvgIpc) is 3.10. The molecule has 0 aromatic heterocycles. The molecule has 0 N–H and O–H groups in total. The van der Waals surface area contributed by atoms with Crippen LogP contribution in [0.4, 0.5) is 5.69 Å². The summed E-state index contributed by atoms with van der Waals surface area (Å²) in [5.41, 5.74) is 2.39. The summed E-state index contributed by atoms with van der Waals surface area (Å²) >= 11 is 19.2. The van der Waals surface area contributed by atoms with E-state index in [-0.39, 0.29) is 29.9 Å². The number of anilines is 1. The van der Waals surface area contributed by atoms with Crippen molar-refractivity contribution in [1.82, 2.24) is 4.31 Å². The van der Waals surface area contributed by atoms with Gasteiger partial charge < -0.3 is 4.90 Å². The predicted molar refractivity (Wildman–Crippen MR) is 143 cm³/mol. The Kier molecular flexibility index (Phi) is 7.77. The molecule has 0 fully saturated rings. The highest BCUT2D eigenvalue weighted by Crippen LogP contribution is 2.35. The van der Waals surface area contributed by atoms with Gasteiger partial charge in [0.05, 0.1) is 11.4 Å². The van der Waals surface area contributed by atoms with Gasteiger partial charge in [0.2, 0.25) is 15.9 Å². The molecule has 5 nitrogen and oxygen atoms in total. The Hall–Kier alpha value is -1.42. The van der Waals surface area contributed by atoms with E-state index in [4.69, 9.17) is 23.2 Å². The van der Waals surface area contributed by atoms with Crippen molar-refractivity contribution in [2.24, 2.45) is 0 Å². The van der Waals surface area contributed by atoms with Crippen molar-refractivity contribution in [2.75, 3.05) is 11.4 Å². The number of carbonyl (C=O) groups excluding carboxylic acids is 1. The average molecular weight is 647 g/mol. The fourth-order valence-electron chi connectivity index (χ4n) is 4.03. The second-order valence-corrected chi connectivity index (χ2v) is 12.7. The molecule has 0 saturated carbocycles. The van der Waals surface area contributed by atoms with Gasteiger partial charge in [0.25, 0.3) is 0 Å². The third kappa shape index (κ3) is 5.37. The van der Waals surface area contributed by atoms with E-state index in [9.17, 15) is 13.2 Å². The first-order chi connectivity index (χ1) is 16.1. The van der Waals surface area contributed by atoms with Crippen LogP contribution in [0.2, 0.25) is 10.0 Å². The van der Waals surface area contributed by atoms with Gasteiger partial charge in [-0.2, -0.15) is 4.31 Å². The van der Waals surface area contributed by atoms with Crippen molar-refractivity contribution < 1.29 is 13.2 Å². The number of benzene rings is 3. The summed E-state index contributed by atoms with van der Waals surface area (Å²) in [6.45, 7) is 1.54. The molecule has 1 heterocycles. The zero-order valence-electron chi connectivity index (χ0n) is 18.0. The van der Waals surface area contributed by atoms with Gasteiger partial charge >= 0.3 is 0 Å². The molecule has 4 rings (SSSR count). The number of fused-ring (bicyclic) bond motifs is 1. The first-order valence-corrected chi connectivity index (χ1v) is 14.1. The molecule has 1 aliphatic rings. The van der Waals surface area contributed by atoms with Crippen LogP contribution in [0.15, 0.2) is 74.5 Å². The molecule has 178 valence electrons. The van der Waals surface area contributed by atoms with E-state index in [1.54, 1.807) is 35.2 Å². The summed E-state index contributed by atoms with van der Waals surface area (Å²) in [6.07, 6.45) is 0.697. The minimum absolute atomic E-state index is 0.0739. The smallest absolute Gasteiger partial charge is 0.243 e. The van der Waals surface area contributed by atoms with Crippen LogP contribution in [0.25, 0.3) is 0 Å². The molecule has 1 unspecified atom stereocenters. The van der Waals surface area contributed by atoms with E-state index < -0.39 is 10.0 Å². The normalized spacial score (nSPS) is 15.6. The molecule has 0 bridgehead atoms. The van der Waals surface area contributed by atoms with Crippen LogP contribution >= 0.6 is 55.1 Å². The fourth-order valence-corrected chi connectivity index (χ4v) is 6.54. The highest BCUT2D eigenvalue weighted by molar-refractivity contribution is 9.10. The predicted octanol–water partition coefficient (Wildman–Crippen LogP) is 6.69. The van der Waals surface area contributed by atoms with Gasteiger partial charge in [-0.15, -0.1) is 0 Å². The summed E-state index contributed by atoms with van der Waals surface area (Å²) in [5.74, 6) is -0.306. The van der Waals surface area contributed by atoms with Crippen molar-refractivity contribution in [3.63, 3.8) is 0 Å². The third-order valence-corrected chi connectivity index (χ3v) is 9.07. The number of hydrogen-bond donors (Lipinski definition) is 0. The molecular weight excluding hydrogens is 627 g/mol. The highest BCUT2D eigenvalue weighted by atomic mass is 79.9. The largest absolute Gasteiger partial charge is 0.308 e. The lowest BCUT2D eigenvalue weighted by Gasteiger charge is -2.28. The number of hydrogen-bond acceptors (Lipinski definition) is 3. The molecule has 3 aromatic carbocycles. The number of halogens is 4. The van der Waals surface area contributed by atoms with Crippen LogP contribution < -0.4 is 4.90 Å². The van der Waals surface area contributed by atoms with Crippen LogP contribution in [-0.2, 0) is 27.8 Å². The summed E-state index contributed by atoms with van der Waals surface area (Å²) in [5, 5.41) is 0.779. The molecule has 0 spiro atoms. The van der Waals surface area contributed by atoms with Crippen LogP contribution in [0.1, 0.15) is 18.1 Å². The van der Waals surface area contributed by atoms with E-state index in [0.717, 1.165) is 24.5 Å². The summed E-state index contributed by atoms with van der Waals surface area (Å²) in [6, 6.07) is 16.8. The Morgan fingerprint density at radius 2 is 1.71 bits per heavy atom. The summed E-state index contributed by atoms with van der Waals surface area (Å²) in [4.78, 5) is 15.3. The number of carbonyl (C=O) groups is 1. The SMILES string of the molecule is CC1Cc2cc(Br)ccc2N1C(=O)CN(Cc1ccc(Cl)cc1Cl)S(=O)(=O)c1ccc(Br)cc1. The lowest BCUT2D eigenvalue weighted by molar-refractivity contribution is -0.119. The van der Waals surface area contributed by atoms with Crippen LogP contribution in [0.3, 0.4) is 0 Å². The van der Waals surface area contributed by atoms with Gasteiger partial charge in [0.15, 0.2) is 0 Å². The fraction of sp³-hybridized carbons (Fsp3) is 0.208. The monoisotopic (exact) mass is 644 g/mol. The Morgan fingerprint density at radius 1 is 1.03 bits per heavy atom. The number of amides is 1. The standard InChI is InChI=1S/C24H20Br2Cl2N2O3S/c1-15-10-17-11-19(26)5-9-23(17)30(15)24(31)14-29(13-16-2-6-20(27)12-22(16)28)34(32,33)21-7-3-18(25)4-8-21/h2-9,11-12,15H,10,13-14H2,1H3. The molecule has 1 atom stereocenters. The van der Waals surface area contributed by atoms with Gasteiger partial charge in [-0.1, -0.05) is 61.1 Å². The van der Waals surface area contributed by atoms with E-state index in [1.165, 1.54) is 12.1 Å². The van der Waals surface area contributed by atoms with Gasteiger partial charge in [0, 0.05) is 37.3 Å². The number of sulfonamides is 1. The molecule has 1 amide bonds. The van der Waals surface area contributed by atoms with Gasteiger partial charge in [0.1, 0.15) is 0 Å². The molecule has 0 saturated heterocycles. The Morgan fingerprint density at radius 3 is 2.38 bits per heavy atom. The first kappa shape index (κ1) is 25.7. The maximum atomic E-state index is 13.6. The van der Waals surface area contributed by atoms with Gasteiger partial charge in [-0.05, 0) is 79.1 Å². The summed E-state index contributed by atoms with van der Waals surface area (Å²) < 4.78 is 30.1. The molecule has 34 heavy (non-hydrogen) atoms. The van der Waals surface area contributed by atoms with Crippen molar-refractivity contribution in [1.29, 1.82) is 0 Å². The van der Waals surface area contributed by atoms with Gasteiger partial charge in [-0.25, -0.2) is 8.42 Å². The van der Waals surface area contributed by atoms with Crippen molar-refractivity contribution in [2.45, 2.75) is 30.8 Å². The zero-order chi connectivity index (χ0) is 24.6. The quantitative estimate of drug-likeness (QED) is 0.300. The van der Waals surface area contributed by atoms with E-state index in [1.807, 2.05) is 25.1 Å². The lowest BCUT2D eigenvalue weighted by atomic mass is 10.1. The van der Waals surface area contributed by atoms with Gasteiger partial charge in [-0.3, -0.25) is 4.79 Å². The maximum absolute atomic E-state index is 13.6. The summed E-state index contributed by atoms with van der Waals surface area (Å²) in [7, 11) is -4.00. The topological polar surface area (TPSA) is 57.7 Å². The molecule has 1 aliphatic heterocycles. The van der Waals surface area contributed by atoms with Crippen LogP contribution in [-0.4, -0.2) is 31.2 Å². The molecule has 10 heteroatoms. The van der Waals surface area contributed by atoms with Crippen molar-refractivity contribution >= 4 is 76.7 Å². The second kappa shape index (κ2) is 10.3. The molecule has 0 aliphatic carbocycles. The lowest BCUT2D eigenvalue weighted by Crippen LogP contribution is -2.44. The van der Waals surface area contributed by atoms with Crippen molar-refractivity contribution in [3.05, 3.63) is 90.8 Å². The Labute approximate surface area is 226 Å². The Bertz CT molecular complexity index is 1350. The number of nitrogens with zero attached hydrogens (tertiary/aromatic N) is 2. The van der Waals surface area contributed by atoms with Crippen molar-refractivity contribution in [3.8, 4) is 0 Å². The highest BCUT2D eigenvalue weighted by Gasteiger charge is 2.35. The van der Waals surface area contributed by atoms with E-state index in [0.29, 0.717) is 22.0 Å². The van der Waals surface area contributed by atoms with E-state index in [2.05, 4.69) is 31.9 Å². The van der Waals surface area contributed by atoms with Crippen LogP contribution in [0.5, 0.6) is 0 Å². The van der Waals surface area contributed by atoms with Crippen LogP contribution in [0, 0.1) is 0 Å². The minimum Gasteiger partial charge on any atom is -0.308 e. The van der Waals surface area contributed by atoms with E-state index >= 15 is 0 Å². The third-order valence-electron chi connectivity index (χ3n) is 5.65. The first-order valence-electron chi connectivity index (χ1n) is 10.4.